The van der Waals surface area contributed by atoms with Gasteiger partial charge < -0.3 is 10.2 Å². The van der Waals surface area contributed by atoms with Gasteiger partial charge in [0.15, 0.2) is 11.7 Å². The van der Waals surface area contributed by atoms with E-state index in [1.54, 1.807) is 42.5 Å². The lowest BCUT2D eigenvalue weighted by Crippen LogP contribution is -2.36. The summed E-state index contributed by atoms with van der Waals surface area (Å²) in [5.41, 5.74) is 1.94. The number of halogens is 5. The molecule has 0 aliphatic carbocycles. The van der Waals surface area contributed by atoms with E-state index in [0.29, 0.717) is 16.3 Å². The Bertz CT molecular complexity index is 1410. The van der Waals surface area contributed by atoms with Gasteiger partial charge in [-0.3, -0.25) is 4.79 Å². The van der Waals surface area contributed by atoms with E-state index in [1.165, 1.54) is 11.0 Å². The summed E-state index contributed by atoms with van der Waals surface area (Å²) >= 11 is 12.1. The van der Waals surface area contributed by atoms with Crippen molar-refractivity contribution in [3.8, 4) is 0 Å². The summed E-state index contributed by atoms with van der Waals surface area (Å²) in [6, 6.07) is 21.8. The van der Waals surface area contributed by atoms with Crippen molar-refractivity contribution in [2.24, 2.45) is 0 Å². The number of nitrogens with zero attached hydrogens (tertiary/aromatic N) is 3. The standard InChI is InChI=1S/C27H21Cl2F3N4O/c28-20-12-11-18(13-21(20)29)22-14-24(27(30,31)32)36-25(33-22)15-23(34-36)26(37)35(19-9-5-2-6-10-19)16-17-7-3-1-4-8-17/h1-13,15,22,24,33H,14,16H2/t22-,24-/m1/s1. The summed E-state index contributed by atoms with van der Waals surface area (Å²) in [4.78, 5) is 15.2. The fourth-order valence-electron chi connectivity index (χ4n) is 4.42. The minimum Gasteiger partial charge on any atom is -0.363 e. The van der Waals surface area contributed by atoms with Crippen LogP contribution in [0.15, 0.2) is 84.9 Å². The predicted molar refractivity (Wildman–Crippen MR) is 138 cm³/mol. The average Bonchev–Trinajstić information content (AvgIpc) is 3.33. The number of amides is 1. The second kappa shape index (κ2) is 10.1. The maximum Gasteiger partial charge on any atom is 0.410 e. The molecule has 0 saturated carbocycles. The third-order valence-electron chi connectivity index (χ3n) is 6.25. The van der Waals surface area contributed by atoms with E-state index in [1.807, 2.05) is 36.4 Å². The molecule has 0 fully saturated rings. The van der Waals surface area contributed by atoms with Gasteiger partial charge in [-0.05, 0) is 35.4 Å². The van der Waals surface area contributed by atoms with Crippen molar-refractivity contribution >= 4 is 40.6 Å². The number of hydrogen-bond acceptors (Lipinski definition) is 3. The number of nitrogens with one attached hydrogen (secondary N) is 1. The summed E-state index contributed by atoms with van der Waals surface area (Å²) in [6.07, 6.45) is -4.91. The lowest BCUT2D eigenvalue weighted by Gasteiger charge is -2.33. The SMILES string of the molecule is O=C(c1cc2n(n1)[C@@H](C(F)(F)F)C[C@H](c1ccc(Cl)c(Cl)c1)N2)N(Cc1ccccc1)c1ccccc1. The number of rotatable bonds is 5. The molecule has 2 heterocycles. The molecule has 4 aromatic rings. The van der Waals surface area contributed by atoms with Crippen molar-refractivity contribution < 1.29 is 18.0 Å². The molecule has 3 aromatic carbocycles. The Morgan fingerprint density at radius 2 is 1.65 bits per heavy atom. The van der Waals surface area contributed by atoms with E-state index >= 15 is 0 Å². The summed E-state index contributed by atoms with van der Waals surface area (Å²) in [7, 11) is 0. The Kier molecular flexibility index (Phi) is 6.88. The lowest BCUT2D eigenvalue weighted by atomic mass is 9.97. The number of alkyl halides is 3. The monoisotopic (exact) mass is 544 g/mol. The molecule has 5 rings (SSSR count). The van der Waals surface area contributed by atoms with Gasteiger partial charge >= 0.3 is 6.18 Å². The van der Waals surface area contributed by atoms with E-state index in [9.17, 15) is 18.0 Å². The zero-order valence-electron chi connectivity index (χ0n) is 19.3. The molecule has 1 amide bonds. The van der Waals surface area contributed by atoms with Crippen LogP contribution in [-0.2, 0) is 6.54 Å². The molecule has 190 valence electrons. The second-order valence-electron chi connectivity index (χ2n) is 8.74. The number of anilines is 2. The van der Waals surface area contributed by atoms with Gasteiger partial charge in [0.2, 0.25) is 0 Å². The predicted octanol–water partition coefficient (Wildman–Crippen LogP) is 7.70. The van der Waals surface area contributed by atoms with Crippen molar-refractivity contribution in [1.29, 1.82) is 0 Å². The van der Waals surface area contributed by atoms with Crippen LogP contribution in [0, 0.1) is 0 Å². The van der Waals surface area contributed by atoms with Gasteiger partial charge in [-0.15, -0.1) is 0 Å². The van der Waals surface area contributed by atoms with E-state index in [4.69, 9.17) is 23.2 Å². The Labute approximate surface area is 221 Å². The van der Waals surface area contributed by atoms with Gasteiger partial charge in [0, 0.05) is 18.2 Å². The minimum atomic E-state index is -4.58. The van der Waals surface area contributed by atoms with E-state index < -0.39 is 24.2 Å². The number of carbonyl (C=O) groups is 1. The topological polar surface area (TPSA) is 50.2 Å². The molecule has 0 spiro atoms. The Morgan fingerprint density at radius 3 is 2.30 bits per heavy atom. The molecule has 1 aliphatic rings. The normalized spacial score (nSPS) is 17.1. The number of aromatic nitrogens is 2. The van der Waals surface area contributed by atoms with Crippen molar-refractivity contribution in [1.82, 2.24) is 9.78 Å². The van der Waals surface area contributed by atoms with Crippen molar-refractivity contribution in [2.75, 3.05) is 10.2 Å². The Hall–Kier alpha value is -3.49. The first-order chi connectivity index (χ1) is 17.7. The van der Waals surface area contributed by atoms with Crippen molar-refractivity contribution in [3.63, 3.8) is 0 Å². The fourth-order valence-corrected chi connectivity index (χ4v) is 4.72. The number of para-hydroxylation sites is 1. The highest BCUT2D eigenvalue weighted by atomic mass is 35.5. The highest BCUT2D eigenvalue weighted by molar-refractivity contribution is 6.42. The second-order valence-corrected chi connectivity index (χ2v) is 9.55. The number of fused-ring (bicyclic) bond motifs is 1. The molecule has 10 heteroatoms. The molecule has 5 nitrogen and oxygen atoms in total. The molecule has 0 radical (unpaired) electrons. The lowest BCUT2D eigenvalue weighted by molar-refractivity contribution is -0.173. The van der Waals surface area contributed by atoms with Crippen LogP contribution in [0.25, 0.3) is 0 Å². The third kappa shape index (κ3) is 5.31. The summed E-state index contributed by atoms with van der Waals surface area (Å²) < 4.78 is 43.3. The molecular formula is C27H21Cl2F3N4O. The highest BCUT2D eigenvalue weighted by Gasteiger charge is 2.47. The smallest absolute Gasteiger partial charge is 0.363 e. The van der Waals surface area contributed by atoms with Crippen LogP contribution in [0.2, 0.25) is 10.0 Å². The van der Waals surface area contributed by atoms with Crippen molar-refractivity contribution in [3.05, 3.63) is 112 Å². The first kappa shape index (κ1) is 25.2. The van der Waals surface area contributed by atoms with Crippen LogP contribution in [-0.4, -0.2) is 21.9 Å². The van der Waals surface area contributed by atoms with E-state index in [2.05, 4.69) is 10.4 Å². The molecule has 1 aromatic heterocycles. The van der Waals surface area contributed by atoms with Gasteiger partial charge in [-0.1, -0.05) is 77.8 Å². The van der Waals surface area contributed by atoms with Crippen LogP contribution >= 0.6 is 23.2 Å². The van der Waals surface area contributed by atoms with Gasteiger partial charge in [0.25, 0.3) is 5.91 Å². The van der Waals surface area contributed by atoms with Gasteiger partial charge in [0.1, 0.15) is 5.82 Å². The minimum absolute atomic E-state index is 0.0914. The summed E-state index contributed by atoms with van der Waals surface area (Å²) in [5, 5.41) is 7.80. The van der Waals surface area contributed by atoms with E-state index in [0.717, 1.165) is 10.2 Å². The van der Waals surface area contributed by atoms with Crippen LogP contribution in [0.1, 0.15) is 40.1 Å². The fraction of sp³-hybridized carbons (Fsp3) is 0.185. The largest absolute Gasteiger partial charge is 0.410 e. The number of benzene rings is 3. The van der Waals surface area contributed by atoms with E-state index in [-0.39, 0.29) is 29.5 Å². The van der Waals surface area contributed by atoms with Gasteiger partial charge in [0.05, 0.1) is 22.6 Å². The molecule has 1 N–H and O–H groups in total. The molecular weight excluding hydrogens is 524 g/mol. The maximum absolute atomic E-state index is 14.1. The van der Waals surface area contributed by atoms with Crippen LogP contribution in [0.5, 0.6) is 0 Å². The summed E-state index contributed by atoms with van der Waals surface area (Å²) in [6.45, 7) is 0.230. The van der Waals surface area contributed by atoms with Gasteiger partial charge in [-0.25, -0.2) is 4.68 Å². The Morgan fingerprint density at radius 1 is 0.973 bits per heavy atom. The number of hydrogen-bond donors (Lipinski definition) is 1. The molecule has 0 unspecified atom stereocenters. The van der Waals surface area contributed by atoms with Crippen LogP contribution < -0.4 is 10.2 Å². The molecule has 1 aliphatic heterocycles. The number of carbonyl (C=O) groups excluding carboxylic acids is 1. The quantitative estimate of drug-likeness (QED) is 0.280. The van der Waals surface area contributed by atoms with Crippen LogP contribution in [0.3, 0.4) is 0 Å². The summed E-state index contributed by atoms with van der Waals surface area (Å²) in [5.74, 6) is -0.411. The zero-order chi connectivity index (χ0) is 26.2. The average molecular weight is 545 g/mol. The van der Waals surface area contributed by atoms with Crippen LogP contribution in [0.4, 0.5) is 24.7 Å². The zero-order valence-corrected chi connectivity index (χ0v) is 20.8. The maximum atomic E-state index is 14.1. The van der Waals surface area contributed by atoms with Gasteiger partial charge in [-0.2, -0.15) is 18.3 Å². The molecule has 0 bridgehead atoms. The third-order valence-corrected chi connectivity index (χ3v) is 6.99. The molecule has 0 saturated heterocycles. The van der Waals surface area contributed by atoms with Crippen molar-refractivity contribution in [2.45, 2.75) is 31.2 Å². The Balaban J connectivity index is 1.51. The first-order valence-electron chi connectivity index (χ1n) is 11.5. The first-order valence-corrected chi connectivity index (χ1v) is 12.2. The molecule has 2 atom stereocenters. The molecule has 37 heavy (non-hydrogen) atoms. The highest BCUT2D eigenvalue weighted by Crippen LogP contribution is 2.44.